The maximum absolute atomic E-state index is 12.0. The molecule has 1 amide bonds. The molecule has 0 atom stereocenters. The van der Waals surface area contributed by atoms with Gasteiger partial charge >= 0.3 is 0 Å². The van der Waals surface area contributed by atoms with Gasteiger partial charge in [-0.1, -0.05) is 31.5 Å². The van der Waals surface area contributed by atoms with E-state index in [0.717, 1.165) is 30.8 Å². The standard InChI is InChI=1S/C18H23N3O/c1-3-5-13-19-18(22)17-12-11-16(14-20-17)21(4-2)15-9-7-6-8-10-15/h6-12,14H,3-5,13H2,1-2H3,(H,19,22). The Morgan fingerprint density at radius 2 is 1.86 bits per heavy atom. The SMILES string of the molecule is CCCCNC(=O)c1ccc(N(CC)c2ccccc2)cn1. The molecule has 0 fully saturated rings. The number of anilines is 2. The first-order valence-electron chi connectivity index (χ1n) is 7.83. The highest BCUT2D eigenvalue weighted by Gasteiger charge is 2.10. The van der Waals surface area contributed by atoms with E-state index in [4.69, 9.17) is 0 Å². The topological polar surface area (TPSA) is 45.2 Å². The normalized spacial score (nSPS) is 10.3. The Bertz CT molecular complexity index is 581. The largest absolute Gasteiger partial charge is 0.351 e. The Morgan fingerprint density at radius 3 is 2.45 bits per heavy atom. The maximum Gasteiger partial charge on any atom is 0.269 e. The van der Waals surface area contributed by atoms with Crippen LogP contribution in [0.4, 0.5) is 11.4 Å². The predicted octanol–water partition coefficient (Wildman–Crippen LogP) is 3.77. The van der Waals surface area contributed by atoms with Gasteiger partial charge in [-0.15, -0.1) is 0 Å². The third-order valence-corrected chi connectivity index (χ3v) is 3.49. The van der Waals surface area contributed by atoms with E-state index in [-0.39, 0.29) is 5.91 Å². The molecular weight excluding hydrogens is 274 g/mol. The van der Waals surface area contributed by atoms with Gasteiger partial charge in [0.05, 0.1) is 11.9 Å². The van der Waals surface area contributed by atoms with Crippen molar-refractivity contribution in [2.75, 3.05) is 18.0 Å². The lowest BCUT2D eigenvalue weighted by Crippen LogP contribution is -2.25. The summed E-state index contributed by atoms with van der Waals surface area (Å²) in [4.78, 5) is 18.4. The van der Waals surface area contributed by atoms with Crippen LogP contribution in [-0.4, -0.2) is 24.0 Å². The molecule has 0 bridgehead atoms. The van der Waals surface area contributed by atoms with Crippen LogP contribution in [0.15, 0.2) is 48.7 Å². The maximum atomic E-state index is 12.0. The van der Waals surface area contributed by atoms with E-state index in [1.807, 2.05) is 24.3 Å². The second-order valence-corrected chi connectivity index (χ2v) is 5.09. The molecule has 0 spiro atoms. The Morgan fingerprint density at radius 1 is 1.09 bits per heavy atom. The smallest absolute Gasteiger partial charge is 0.269 e. The molecule has 1 heterocycles. The van der Waals surface area contributed by atoms with Crippen molar-refractivity contribution in [2.45, 2.75) is 26.7 Å². The van der Waals surface area contributed by atoms with E-state index in [1.165, 1.54) is 0 Å². The fraction of sp³-hybridized carbons (Fsp3) is 0.333. The van der Waals surface area contributed by atoms with E-state index in [9.17, 15) is 4.79 Å². The third-order valence-electron chi connectivity index (χ3n) is 3.49. The molecule has 22 heavy (non-hydrogen) atoms. The van der Waals surface area contributed by atoms with E-state index < -0.39 is 0 Å². The highest BCUT2D eigenvalue weighted by molar-refractivity contribution is 5.92. The number of rotatable bonds is 7. The first-order chi connectivity index (χ1) is 10.8. The Kier molecular flexibility index (Phi) is 5.95. The monoisotopic (exact) mass is 297 g/mol. The molecule has 116 valence electrons. The van der Waals surface area contributed by atoms with E-state index in [2.05, 4.69) is 41.2 Å². The van der Waals surface area contributed by atoms with Gasteiger partial charge in [-0.2, -0.15) is 0 Å². The summed E-state index contributed by atoms with van der Waals surface area (Å²) in [5, 5.41) is 2.88. The first-order valence-corrected chi connectivity index (χ1v) is 7.83. The van der Waals surface area contributed by atoms with Crippen LogP contribution in [0.5, 0.6) is 0 Å². The van der Waals surface area contributed by atoms with Gasteiger partial charge in [0, 0.05) is 18.8 Å². The molecule has 0 saturated carbocycles. The van der Waals surface area contributed by atoms with E-state index in [0.29, 0.717) is 12.2 Å². The summed E-state index contributed by atoms with van der Waals surface area (Å²) in [7, 11) is 0. The van der Waals surface area contributed by atoms with Crippen molar-refractivity contribution in [3.8, 4) is 0 Å². The van der Waals surface area contributed by atoms with Crippen molar-refractivity contribution >= 4 is 17.3 Å². The van der Waals surface area contributed by atoms with Gasteiger partial charge in [-0.25, -0.2) is 4.98 Å². The highest BCUT2D eigenvalue weighted by atomic mass is 16.1. The summed E-state index contributed by atoms with van der Waals surface area (Å²) in [5.74, 6) is -0.109. The van der Waals surface area contributed by atoms with Crippen molar-refractivity contribution < 1.29 is 4.79 Å². The van der Waals surface area contributed by atoms with Crippen molar-refractivity contribution in [2.24, 2.45) is 0 Å². The number of nitrogens with one attached hydrogen (secondary N) is 1. The number of carbonyl (C=O) groups excluding carboxylic acids is 1. The molecule has 0 radical (unpaired) electrons. The number of aromatic nitrogens is 1. The number of benzene rings is 1. The number of para-hydroxylation sites is 1. The van der Waals surface area contributed by atoms with Crippen LogP contribution in [-0.2, 0) is 0 Å². The minimum atomic E-state index is -0.109. The van der Waals surface area contributed by atoms with Gasteiger partial charge in [0.1, 0.15) is 5.69 Å². The second kappa shape index (κ2) is 8.17. The van der Waals surface area contributed by atoms with Crippen LogP contribution in [0, 0.1) is 0 Å². The lowest BCUT2D eigenvalue weighted by Gasteiger charge is -2.22. The quantitative estimate of drug-likeness (QED) is 0.791. The number of hydrogen-bond acceptors (Lipinski definition) is 3. The zero-order valence-electron chi connectivity index (χ0n) is 13.2. The fourth-order valence-corrected chi connectivity index (χ4v) is 2.27. The van der Waals surface area contributed by atoms with Gasteiger partial charge in [0.2, 0.25) is 0 Å². The number of nitrogens with zero attached hydrogens (tertiary/aromatic N) is 2. The molecule has 0 saturated heterocycles. The summed E-state index contributed by atoms with van der Waals surface area (Å²) in [6.07, 6.45) is 3.81. The number of carbonyl (C=O) groups is 1. The van der Waals surface area contributed by atoms with Gasteiger partial charge in [0.15, 0.2) is 0 Å². The van der Waals surface area contributed by atoms with Crippen LogP contribution in [0.25, 0.3) is 0 Å². The van der Waals surface area contributed by atoms with Gasteiger partial charge in [-0.3, -0.25) is 4.79 Å². The molecule has 0 aliphatic heterocycles. The number of hydrogen-bond donors (Lipinski definition) is 1. The predicted molar refractivity (Wildman–Crippen MR) is 90.6 cm³/mol. The molecule has 0 aliphatic rings. The Labute approximate surface area is 132 Å². The van der Waals surface area contributed by atoms with Crippen molar-refractivity contribution in [1.29, 1.82) is 0 Å². The number of amides is 1. The Hall–Kier alpha value is -2.36. The molecule has 4 nitrogen and oxygen atoms in total. The van der Waals surface area contributed by atoms with E-state index >= 15 is 0 Å². The molecule has 0 unspecified atom stereocenters. The summed E-state index contributed by atoms with van der Waals surface area (Å²) in [6, 6.07) is 13.9. The third kappa shape index (κ3) is 4.07. The van der Waals surface area contributed by atoms with Crippen molar-refractivity contribution in [3.63, 3.8) is 0 Å². The van der Waals surface area contributed by atoms with Crippen LogP contribution in [0.1, 0.15) is 37.2 Å². The molecule has 1 aromatic carbocycles. The lowest BCUT2D eigenvalue weighted by molar-refractivity contribution is 0.0948. The van der Waals surface area contributed by atoms with Crippen LogP contribution >= 0.6 is 0 Å². The molecule has 0 aliphatic carbocycles. The molecule has 2 aromatic rings. The lowest BCUT2D eigenvalue weighted by atomic mass is 10.2. The minimum absolute atomic E-state index is 0.109. The number of unbranched alkanes of at least 4 members (excludes halogenated alkanes) is 1. The number of pyridine rings is 1. The van der Waals surface area contributed by atoms with Gasteiger partial charge in [0.25, 0.3) is 5.91 Å². The Balaban J connectivity index is 2.09. The molecule has 2 rings (SSSR count). The average Bonchev–Trinajstić information content (AvgIpc) is 2.57. The van der Waals surface area contributed by atoms with E-state index in [1.54, 1.807) is 12.3 Å². The molecule has 4 heteroatoms. The van der Waals surface area contributed by atoms with Crippen LogP contribution in [0.2, 0.25) is 0 Å². The minimum Gasteiger partial charge on any atom is -0.351 e. The summed E-state index contributed by atoms with van der Waals surface area (Å²) < 4.78 is 0. The zero-order valence-corrected chi connectivity index (χ0v) is 13.2. The first kappa shape index (κ1) is 16.0. The second-order valence-electron chi connectivity index (χ2n) is 5.09. The van der Waals surface area contributed by atoms with Gasteiger partial charge < -0.3 is 10.2 Å². The van der Waals surface area contributed by atoms with Crippen molar-refractivity contribution in [3.05, 3.63) is 54.4 Å². The van der Waals surface area contributed by atoms with Crippen LogP contribution in [0.3, 0.4) is 0 Å². The molecular formula is C18H23N3O. The fourth-order valence-electron chi connectivity index (χ4n) is 2.27. The molecule has 1 aromatic heterocycles. The molecule has 1 N–H and O–H groups in total. The summed E-state index contributed by atoms with van der Waals surface area (Å²) in [5.41, 5.74) is 2.56. The zero-order chi connectivity index (χ0) is 15.8. The van der Waals surface area contributed by atoms with Crippen molar-refractivity contribution in [1.82, 2.24) is 10.3 Å². The van der Waals surface area contributed by atoms with Crippen LogP contribution < -0.4 is 10.2 Å². The average molecular weight is 297 g/mol. The summed E-state index contributed by atoms with van der Waals surface area (Å²) in [6.45, 7) is 5.73. The highest BCUT2D eigenvalue weighted by Crippen LogP contribution is 2.23. The van der Waals surface area contributed by atoms with Gasteiger partial charge in [-0.05, 0) is 37.6 Å². The summed E-state index contributed by atoms with van der Waals surface area (Å²) >= 11 is 0.